The number of benzene rings is 3. The van der Waals surface area contributed by atoms with Crippen LogP contribution in [0.25, 0.3) is 11.1 Å². The fourth-order valence-electron chi connectivity index (χ4n) is 4.70. The van der Waals surface area contributed by atoms with Gasteiger partial charge in [0.05, 0.1) is 16.9 Å². The predicted octanol–water partition coefficient (Wildman–Crippen LogP) is 4.02. The van der Waals surface area contributed by atoms with Crippen LogP contribution in [0.1, 0.15) is 11.1 Å². The van der Waals surface area contributed by atoms with Crippen molar-refractivity contribution in [2.45, 2.75) is 10.9 Å². The van der Waals surface area contributed by atoms with E-state index < -0.39 is 33.5 Å². The molecule has 6 nitrogen and oxygen atoms in total. The van der Waals surface area contributed by atoms with Crippen molar-refractivity contribution in [3.05, 3.63) is 108 Å². The van der Waals surface area contributed by atoms with Crippen molar-refractivity contribution in [3.8, 4) is 0 Å². The molecule has 3 aromatic rings. The number of carbonyl (C=O) groups excluding carboxylic acids is 2. The third-order valence-electron chi connectivity index (χ3n) is 6.44. The number of fused-ring (bicyclic) bond motifs is 1. The van der Waals surface area contributed by atoms with Gasteiger partial charge in [-0.05, 0) is 52.6 Å². The molecule has 1 aliphatic heterocycles. The van der Waals surface area contributed by atoms with Gasteiger partial charge < -0.3 is 4.90 Å². The van der Waals surface area contributed by atoms with Gasteiger partial charge in [-0.1, -0.05) is 60.7 Å². The lowest BCUT2D eigenvalue weighted by atomic mass is 9.76. The van der Waals surface area contributed by atoms with Gasteiger partial charge in [0.2, 0.25) is 11.6 Å². The molecule has 0 amide bonds. The number of rotatable bonds is 5. The molecule has 0 saturated carbocycles. The minimum atomic E-state index is -4.02. The predicted molar refractivity (Wildman–Crippen MR) is 136 cm³/mol. The topological polar surface area (TPSA) is 74.8 Å². The number of sulfonamides is 1. The Morgan fingerprint density at radius 3 is 2.06 bits per heavy atom. The van der Waals surface area contributed by atoms with Crippen LogP contribution in [-0.4, -0.2) is 44.4 Å². The molecule has 0 fully saturated rings. The van der Waals surface area contributed by atoms with Crippen molar-refractivity contribution >= 4 is 38.4 Å². The van der Waals surface area contributed by atoms with E-state index >= 15 is 0 Å². The number of allylic oxidation sites excluding steroid dienone is 1. The van der Waals surface area contributed by atoms with Crippen LogP contribution in [0.5, 0.6) is 0 Å². The highest BCUT2D eigenvalue weighted by Gasteiger charge is 2.51. The molecule has 0 radical (unpaired) electrons. The third-order valence-corrected chi connectivity index (χ3v) is 8.20. The van der Waals surface area contributed by atoms with Crippen LogP contribution in [0, 0.1) is 5.92 Å². The van der Waals surface area contributed by atoms with Gasteiger partial charge >= 0.3 is 0 Å². The Balaban J connectivity index is 1.73. The molecule has 1 aliphatic carbocycles. The standard InChI is InChI=1S/C28H24N2O4S/c1-29(2)21-13-9-12-20(16-21)23-17-25(31)28(32)26-24(19-10-5-3-6-11-19)18-30(27(23)26)35(33,34)22-14-7-4-8-15-22/h3-18,26-27H,1-2H3. The average molecular weight is 485 g/mol. The summed E-state index contributed by atoms with van der Waals surface area (Å²) in [6, 6.07) is 23.9. The van der Waals surface area contributed by atoms with Crippen LogP contribution >= 0.6 is 0 Å². The molecular weight excluding hydrogens is 460 g/mol. The van der Waals surface area contributed by atoms with Crippen LogP contribution in [0.15, 0.2) is 102 Å². The van der Waals surface area contributed by atoms with E-state index in [-0.39, 0.29) is 4.90 Å². The molecule has 35 heavy (non-hydrogen) atoms. The lowest BCUT2D eigenvalue weighted by molar-refractivity contribution is -0.135. The fourth-order valence-corrected chi connectivity index (χ4v) is 6.23. The average Bonchev–Trinajstić information content (AvgIpc) is 3.29. The number of anilines is 1. The van der Waals surface area contributed by atoms with Gasteiger partial charge in [-0.15, -0.1) is 0 Å². The van der Waals surface area contributed by atoms with E-state index in [0.717, 1.165) is 5.69 Å². The Hall–Kier alpha value is -3.97. The van der Waals surface area contributed by atoms with E-state index in [9.17, 15) is 18.0 Å². The molecule has 0 bridgehead atoms. The summed E-state index contributed by atoms with van der Waals surface area (Å²) in [5, 5.41) is 0. The maximum Gasteiger partial charge on any atom is 0.264 e. The van der Waals surface area contributed by atoms with Gasteiger partial charge in [-0.3, -0.25) is 13.9 Å². The lowest BCUT2D eigenvalue weighted by Crippen LogP contribution is -2.44. The van der Waals surface area contributed by atoms with E-state index in [4.69, 9.17) is 0 Å². The molecule has 1 heterocycles. The second-order valence-electron chi connectivity index (χ2n) is 8.79. The van der Waals surface area contributed by atoms with Crippen molar-refractivity contribution in [1.82, 2.24) is 4.31 Å². The van der Waals surface area contributed by atoms with Gasteiger partial charge in [0.25, 0.3) is 10.0 Å². The molecular formula is C28H24N2O4S. The van der Waals surface area contributed by atoms with Gasteiger partial charge in [0, 0.05) is 26.0 Å². The zero-order chi connectivity index (χ0) is 24.7. The van der Waals surface area contributed by atoms with Crippen molar-refractivity contribution in [2.75, 3.05) is 19.0 Å². The van der Waals surface area contributed by atoms with Gasteiger partial charge in [0.15, 0.2) is 0 Å². The number of nitrogens with zero attached hydrogens (tertiary/aromatic N) is 2. The molecule has 176 valence electrons. The first-order valence-corrected chi connectivity index (χ1v) is 12.7. The molecule has 7 heteroatoms. The van der Waals surface area contributed by atoms with Crippen LogP contribution in [0.4, 0.5) is 5.69 Å². The molecule has 2 aliphatic rings. The molecule has 3 aromatic carbocycles. The van der Waals surface area contributed by atoms with Gasteiger partial charge in [0.1, 0.15) is 0 Å². The van der Waals surface area contributed by atoms with Crippen molar-refractivity contribution in [3.63, 3.8) is 0 Å². The van der Waals surface area contributed by atoms with Crippen LogP contribution in [0.3, 0.4) is 0 Å². The fraction of sp³-hybridized carbons (Fsp3) is 0.143. The number of ketones is 2. The summed E-state index contributed by atoms with van der Waals surface area (Å²) in [5.41, 5.74) is 3.32. The number of hydrogen-bond donors (Lipinski definition) is 0. The van der Waals surface area contributed by atoms with Crippen molar-refractivity contribution in [1.29, 1.82) is 0 Å². The highest BCUT2D eigenvalue weighted by molar-refractivity contribution is 7.89. The number of hydrogen-bond acceptors (Lipinski definition) is 5. The maximum atomic E-state index is 13.9. The number of Topliss-reactive ketones (excluding diaryl/α,β-unsaturated/α-hetero) is 1. The summed E-state index contributed by atoms with van der Waals surface area (Å²) in [6.07, 6.45) is 2.82. The summed E-state index contributed by atoms with van der Waals surface area (Å²) in [7, 11) is -0.205. The van der Waals surface area contributed by atoms with E-state index in [0.29, 0.717) is 22.3 Å². The number of carbonyl (C=O) groups is 2. The Kier molecular flexibility index (Phi) is 5.65. The monoisotopic (exact) mass is 484 g/mol. The van der Waals surface area contributed by atoms with E-state index in [1.165, 1.54) is 28.7 Å². The van der Waals surface area contributed by atoms with E-state index in [1.54, 1.807) is 18.2 Å². The molecule has 2 atom stereocenters. The van der Waals surface area contributed by atoms with Crippen LogP contribution in [-0.2, 0) is 19.6 Å². The normalized spacial score (nSPS) is 19.8. The van der Waals surface area contributed by atoms with Gasteiger partial charge in [-0.25, -0.2) is 8.42 Å². The van der Waals surface area contributed by atoms with Crippen LogP contribution in [0.2, 0.25) is 0 Å². The first kappa shape index (κ1) is 22.8. The Labute approximate surface area is 204 Å². The summed E-state index contributed by atoms with van der Waals surface area (Å²) in [4.78, 5) is 28.2. The first-order valence-electron chi connectivity index (χ1n) is 11.2. The molecule has 0 N–H and O–H groups in total. The Morgan fingerprint density at radius 1 is 0.771 bits per heavy atom. The second kappa shape index (κ2) is 8.67. The van der Waals surface area contributed by atoms with Crippen molar-refractivity contribution in [2.24, 2.45) is 5.92 Å². The van der Waals surface area contributed by atoms with Crippen LogP contribution < -0.4 is 4.90 Å². The molecule has 0 aromatic heterocycles. The highest BCUT2D eigenvalue weighted by Crippen LogP contribution is 2.46. The zero-order valence-corrected chi connectivity index (χ0v) is 20.1. The maximum absolute atomic E-state index is 13.9. The third kappa shape index (κ3) is 3.88. The first-order chi connectivity index (χ1) is 16.8. The molecule has 2 unspecified atom stereocenters. The quantitative estimate of drug-likeness (QED) is 0.512. The SMILES string of the molecule is CN(C)c1cccc(C2=CC(=O)C(=O)C3C(c4ccccc4)=CN(S(=O)(=O)c4ccccc4)C23)c1. The molecule has 5 rings (SSSR count). The second-order valence-corrected chi connectivity index (χ2v) is 10.6. The summed E-state index contributed by atoms with van der Waals surface area (Å²) >= 11 is 0. The highest BCUT2D eigenvalue weighted by atomic mass is 32.2. The minimum absolute atomic E-state index is 0.120. The summed E-state index contributed by atoms with van der Waals surface area (Å²) in [5.74, 6) is -2.17. The Morgan fingerprint density at radius 2 is 1.40 bits per heavy atom. The van der Waals surface area contributed by atoms with Gasteiger partial charge in [-0.2, -0.15) is 0 Å². The largest absolute Gasteiger partial charge is 0.378 e. The van der Waals surface area contributed by atoms with E-state index in [1.807, 2.05) is 73.6 Å². The lowest BCUT2D eigenvalue weighted by Gasteiger charge is -2.33. The summed E-state index contributed by atoms with van der Waals surface area (Å²) < 4.78 is 29.0. The van der Waals surface area contributed by atoms with Crippen molar-refractivity contribution < 1.29 is 18.0 Å². The summed E-state index contributed by atoms with van der Waals surface area (Å²) in [6.45, 7) is 0. The zero-order valence-electron chi connectivity index (χ0n) is 19.3. The molecule has 0 saturated heterocycles. The smallest absolute Gasteiger partial charge is 0.264 e. The van der Waals surface area contributed by atoms with E-state index in [2.05, 4.69) is 0 Å². The minimum Gasteiger partial charge on any atom is -0.378 e. The molecule has 0 spiro atoms. The Bertz CT molecular complexity index is 1480.